The molecule has 0 aliphatic carbocycles. The zero-order chi connectivity index (χ0) is 22.0. The molecule has 0 saturated carbocycles. The van der Waals surface area contributed by atoms with E-state index in [1.54, 1.807) is 31.3 Å². The highest BCUT2D eigenvalue weighted by Gasteiger charge is 2.30. The molecule has 162 valence electrons. The summed E-state index contributed by atoms with van der Waals surface area (Å²) in [4.78, 5) is 15.2. The first kappa shape index (κ1) is 21.5. The molecule has 1 fully saturated rings. The molecule has 10 heteroatoms. The second kappa shape index (κ2) is 8.78. The summed E-state index contributed by atoms with van der Waals surface area (Å²) in [5.74, 6) is 2.08. The standard InChI is InChI=1S/C21H23ClN6O2S/c1-15-6-7-23-19(12-15)26-20-13-21(25-14-24-20)27-8-10-28(11-9-27)31(29,30)18-5-3-4-17(22)16(18)2/h3-7,12-14H,8-11H2,1-2H3,(H,23,24,25,26). The molecule has 1 aliphatic rings. The summed E-state index contributed by atoms with van der Waals surface area (Å²) in [6.45, 7) is 5.50. The predicted molar refractivity (Wildman–Crippen MR) is 121 cm³/mol. The normalized spacial score (nSPS) is 15.1. The molecule has 0 atom stereocenters. The lowest BCUT2D eigenvalue weighted by atomic mass is 10.2. The number of rotatable bonds is 5. The third-order valence-corrected chi connectivity index (χ3v) is 7.68. The van der Waals surface area contributed by atoms with Crippen molar-refractivity contribution in [1.29, 1.82) is 0 Å². The van der Waals surface area contributed by atoms with Crippen molar-refractivity contribution >= 4 is 39.1 Å². The third-order valence-electron chi connectivity index (χ3n) is 5.22. The van der Waals surface area contributed by atoms with Crippen LogP contribution in [0, 0.1) is 13.8 Å². The lowest BCUT2D eigenvalue weighted by molar-refractivity contribution is 0.383. The summed E-state index contributed by atoms with van der Waals surface area (Å²) < 4.78 is 27.7. The molecule has 0 spiro atoms. The maximum absolute atomic E-state index is 13.1. The Morgan fingerprint density at radius 2 is 1.71 bits per heavy atom. The number of aryl methyl sites for hydroxylation is 1. The number of aromatic nitrogens is 3. The van der Waals surface area contributed by atoms with Gasteiger partial charge in [0.05, 0.1) is 4.90 Å². The Labute approximate surface area is 187 Å². The summed E-state index contributed by atoms with van der Waals surface area (Å²) in [7, 11) is -3.60. The van der Waals surface area contributed by atoms with Gasteiger partial charge in [0.15, 0.2) is 0 Å². The number of nitrogens with zero attached hydrogens (tertiary/aromatic N) is 5. The van der Waals surface area contributed by atoms with Crippen LogP contribution in [-0.2, 0) is 10.0 Å². The Hall–Kier alpha value is -2.75. The van der Waals surface area contributed by atoms with Crippen molar-refractivity contribution in [2.75, 3.05) is 36.4 Å². The molecule has 2 aromatic heterocycles. The van der Waals surface area contributed by atoms with Gasteiger partial charge in [0.25, 0.3) is 0 Å². The predicted octanol–water partition coefficient (Wildman–Crippen LogP) is 3.40. The average molecular weight is 459 g/mol. The number of sulfonamides is 1. The number of anilines is 3. The lowest BCUT2D eigenvalue weighted by Gasteiger charge is -2.35. The minimum atomic E-state index is -3.60. The Kier molecular flexibility index (Phi) is 6.08. The van der Waals surface area contributed by atoms with Crippen molar-refractivity contribution in [3.05, 3.63) is 65.1 Å². The van der Waals surface area contributed by atoms with E-state index < -0.39 is 10.0 Å². The molecule has 0 unspecified atom stereocenters. The van der Waals surface area contributed by atoms with E-state index in [0.29, 0.717) is 48.4 Å². The molecule has 4 rings (SSSR count). The van der Waals surface area contributed by atoms with E-state index in [1.807, 2.05) is 30.0 Å². The number of pyridine rings is 1. The highest BCUT2D eigenvalue weighted by Crippen LogP contribution is 2.27. The zero-order valence-corrected chi connectivity index (χ0v) is 18.9. The molecule has 1 aliphatic heterocycles. The molecule has 0 bridgehead atoms. The first-order valence-corrected chi connectivity index (χ1v) is 11.7. The quantitative estimate of drug-likeness (QED) is 0.626. The maximum Gasteiger partial charge on any atom is 0.243 e. The van der Waals surface area contributed by atoms with E-state index in [-0.39, 0.29) is 4.90 Å². The van der Waals surface area contributed by atoms with Crippen LogP contribution in [0.1, 0.15) is 11.1 Å². The van der Waals surface area contributed by atoms with Crippen LogP contribution in [0.4, 0.5) is 17.5 Å². The Morgan fingerprint density at radius 3 is 2.45 bits per heavy atom. The maximum atomic E-state index is 13.1. The van der Waals surface area contributed by atoms with Gasteiger partial charge in [-0.3, -0.25) is 0 Å². The number of piperazine rings is 1. The topological polar surface area (TPSA) is 91.3 Å². The van der Waals surface area contributed by atoms with Crippen LogP contribution in [0.3, 0.4) is 0 Å². The number of hydrogen-bond donors (Lipinski definition) is 1. The van der Waals surface area contributed by atoms with Crippen LogP contribution in [0.5, 0.6) is 0 Å². The Balaban J connectivity index is 1.46. The Bertz CT molecular complexity index is 1200. The van der Waals surface area contributed by atoms with Crippen molar-refractivity contribution in [2.45, 2.75) is 18.7 Å². The van der Waals surface area contributed by atoms with Gasteiger partial charge in [-0.25, -0.2) is 23.4 Å². The number of halogens is 1. The molecule has 8 nitrogen and oxygen atoms in total. The van der Waals surface area contributed by atoms with Crippen LogP contribution in [0.15, 0.2) is 53.8 Å². The second-order valence-corrected chi connectivity index (χ2v) is 9.67. The van der Waals surface area contributed by atoms with Crippen molar-refractivity contribution in [3.8, 4) is 0 Å². The van der Waals surface area contributed by atoms with Crippen LogP contribution in [0.2, 0.25) is 5.02 Å². The first-order chi connectivity index (χ1) is 14.8. The minimum absolute atomic E-state index is 0.257. The fourth-order valence-corrected chi connectivity index (χ4v) is 5.39. The molecular weight excluding hydrogens is 436 g/mol. The van der Waals surface area contributed by atoms with Gasteiger partial charge in [-0.2, -0.15) is 4.31 Å². The first-order valence-electron chi connectivity index (χ1n) is 9.86. The van der Waals surface area contributed by atoms with Gasteiger partial charge in [0.2, 0.25) is 10.0 Å². The van der Waals surface area contributed by atoms with Gasteiger partial charge < -0.3 is 10.2 Å². The van der Waals surface area contributed by atoms with Gasteiger partial charge in [-0.1, -0.05) is 17.7 Å². The van der Waals surface area contributed by atoms with Gasteiger partial charge in [-0.15, -0.1) is 0 Å². The zero-order valence-electron chi connectivity index (χ0n) is 17.3. The number of nitrogens with one attached hydrogen (secondary N) is 1. The molecule has 0 amide bonds. The molecule has 1 N–H and O–H groups in total. The number of benzene rings is 1. The van der Waals surface area contributed by atoms with E-state index in [1.165, 1.54) is 10.6 Å². The highest BCUT2D eigenvalue weighted by molar-refractivity contribution is 7.89. The molecule has 1 aromatic carbocycles. The summed E-state index contributed by atoms with van der Waals surface area (Å²) >= 11 is 6.13. The van der Waals surface area contributed by atoms with Crippen LogP contribution in [0.25, 0.3) is 0 Å². The van der Waals surface area contributed by atoms with Crippen LogP contribution >= 0.6 is 11.6 Å². The smallest absolute Gasteiger partial charge is 0.243 e. The summed E-state index contributed by atoms with van der Waals surface area (Å²) in [6.07, 6.45) is 3.23. The van der Waals surface area contributed by atoms with E-state index in [0.717, 1.165) is 11.4 Å². The molecule has 3 aromatic rings. The van der Waals surface area contributed by atoms with E-state index in [4.69, 9.17) is 11.6 Å². The fourth-order valence-electron chi connectivity index (χ4n) is 3.49. The SMILES string of the molecule is Cc1ccnc(Nc2cc(N3CCN(S(=O)(=O)c4cccc(Cl)c4C)CC3)ncn2)c1. The monoisotopic (exact) mass is 458 g/mol. The largest absolute Gasteiger partial charge is 0.354 e. The van der Waals surface area contributed by atoms with Crippen molar-refractivity contribution in [2.24, 2.45) is 0 Å². The average Bonchev–Trinajstić information content (AvgIpc) is 2.76. The molecule has 1 saturated heterocycles. The molecular formula is C21H23ClN6O2S. The highest BCUT2D eigenvalue weighted by atomic mass is 35.5. The van der Waals surface area contributed by atoms with Crippen molar-refractivity contribution < 1.29 is 8.42 Å². The second-order valence-electron chi connectivity index (χ2n) is 7.36. The van der Waals surface area contributed by atoms with Crippen LogP contribution < -0.4 is 10.2 Å². The Morgan fingerprint density at radius 1 is 0.968 bits per heavy atom. The van der Waals surface area contributed by atoms with Crippen molar-refractivity contribution in [1.82, 2.24) is 19.3 Å². The van der Waals surface area contributed by atoms with E-state index in [2.05, 4.69) is 20.3 Å². The van der Waals surface area contributed by atoms with Gasteiger partial charge in [0, 0.05) is 43.5 Å². The van der Waals surface area contributed by atoms with Crippen LogP contribution in [-0.4, -0.2) is 53.9 Å². The summed E-state index contributed by atoms with van der Waals surface area (Å²) in [5, 5.41) is 3.63. The lowest BCUT2D eigenvalue weighted by Crippen LogP contribution is -2.49. The number of hydrogen-bond acceptors (Lipinski definition) is 7. The molecule has 3 heterocycles. The minimum Gasteiger partial charge on any atom is -0.354 e. The van der Waals surface area contributed by atoms with Gasteiger partial charge in [0.1, 0.15) is 23.8 Å². The fraction of sp³-hybridized carbons (Fsp3) is 0.286. The third kappa shape index (κ3) is 4.63. The van der Waals surface area contributed by atoms with E-state index >= 15 is 0 Å². The summed E-state index contributed by atoms with van der Waals surface area (Å²) in [5.41, 5.74) is 1.67. The van der Waals surface area contributed by atoms with Gasteiger partial charge >= 0.3 is 0 Å². The van der Waals surface area contributed by atoms with Gasteiger partial charge in [-0.05, 0) is 49.2 Å². The van der Waals surface area contributed by atoms with Crippen molar-refractivity contribution in [3.63, 3.8) is 0 Å². The summed E-state index contributed by atoms with van der Waals surface area (Å²) in [6, 6.07) is 10.7. The molecule has 0 radical (unpaired) electrons. The van der Waals surface area contributed by atoms with E-state index in [9.17, 15) is 8.42 Å². The molecule has 31 heavy (non-hydrogen) atoms.